The molecule has 3 aromatic rings. The fourth-order valence-corrected chi connectivity index (χ4v) is 4.11. The molecule has 1 aliphatic heterocycles. The van der Waals surface area contributed by atoms with Gasteiger partial charge >= 0.3 is 0 Å². The molecule has 1 heterocycles. The number of hydrogen-bond donors (Lipinski definition) is 1. The Balaban J connectivity index is 1.47. The zero-order valence-electron chi connectivity index (χ0n) is 20.4. The van der Waals surface area contributed by atoms with Gasteiger partial charge in [-0.05, 0) is 16.7 Å². The standard InChI is InChI=1S/C30H34O6/c1-2-18-33-30-29(35-21-25-16-10-5-11-17-25)27(31)28(34-20-24-14-8-4-9-15-24)26(36-30)22-32-19-23-12-6-3-7-13-23/h2-17,26-31H,1,18-22H2/t26-,27+,28+,29-,30+/m1/s1. The third kappa shape index (κ3) is 7.58. The lowest BCUT2D eigenvalue weighted by molar-refractivity contribution is -0.318. The first-order valence-corrected chi connectivity index (χ1v) is 12.2. The van der Waals surface area contributed by atoms with Crippen LogP contribution in [-0.4, -0.2) is 49.0 Å². The van der Waals surface area contributed by atoms with Crippen molar-refractivity contribution in [3.63, 3.8) is 0 Å². The van der Waals surface area contributed by atoms with Gasteiger partial charge in [0.25, 0.3) is 0 Å². The third-order valence-electron chi connectivity index (χ3n) is 5.96. The molecule has 0 bridgehead atoms. The van der Waals surface area contributed by atoms with Crippen LogP contribution in [0.4, 0.5) is 0 Å². The van der Waals surface area contributed by atoms with Gasteiger partial charge in [0, 0.05) is 0 Å². The Morgan fingerprint density at radius 2 is 1.19 bits per heavy atom. The Kier molecular flexibility index (Phi) is 10.2. The molecule has 190 valence electrons. The van der Waals surface area contributed by atoms with Gasteiger partial charge in [0.1, 0.15) is 24.4 Å². The van der Waals surface area contributed by atoms with E-state index in [1.807, 2.05) is 91.0 Å². The Labute approximate surface area is 213 Å². The molecule has 1 saturated heterocycles. The first-order valence-electron chi connectivity index (χ1n) is 12.2. The minimum Gasteiger partial charge on any atom is -0.387 e. The van der Waals surface area contributed by atoms with Crippen molar-refractivity contribution in [3.05, 3.63) is 120 Å². The number of benzene rings is 3. The maximum atomic E-state index is 11.4. The molecule has 0 saturated carbocycles. The molecule has 3 aromatic carbocycles. The van der Waals surface area contributed by atoms with Crippen LogP contribution in [0.1, 0.15) is 16.7 Å². The number of ether oxygens (including phenoxy) is 5. The number of hydrogen-bond acceptors (Lipinski definition) is 6. The van der Waals surface area contributed by atoms with Crippen LogP contribution in [0.5, 0.6) is 0 Å². The monoisotopic (exact) mass is 490 g/mol. The molecule has 0 unspecified atom stereocenters. The van der Waals surface area contributed by atoms with Crippen LogP contribution in [0, 0.1) is 0 Å². The third-order valence-corrected chi connectivity index (χ3v) is 5.96. The van der Waals surface area contributed by atoms with E-state index in [0.29, 0.717) is 19.8 Å². The zero-order valence-corrected chi connectivity index (χ0v) is 20.4. The molecule has 6 heteroatoms. The highest BCUT2D eigenvalue weighted by molar-refractivity contribution is 5.15. The molecule has 0 aromatic heterocycles. The van der Waals surface area contributed by atoms with Gasteiger partial charge in [0.15, 0.2) is 6.29 Å². The molecule has 1 fully saturated rings. The van der Waals surface area contributed by atoms with E-state index in [4.69, 9.17) is 23.7 Å². The van der Waals surface area contributed by atoms with Gasteiger partial charge in [0.05, 0.1) is 33.0 Å². The fourth-order valence-electron chi connectivity index (χ4n) is 4.11. The molecular formula is C30H34O6. The predicted octanol–water partition coefficient (Wildman–Crippen LogP) is 4.66. The molecule has 0 radical (unpaired) electrons. The van der Waals surface area contributed by atoms with Gasteiger partial charge in [-0.15, -0.1) is 6.58 Å². The summed E-state index contributed by atoms with van der Waals surface area (Å²) in [4.78, 5) is 0. The minimum absolute atomic E-state index is 0.227. The fraction of sp³-hybridized carbons (Fsp3) is 0.333. The number of rotatable bonds is 13. The number of aliphatic hydroxyl groups excluding tert-OH is 1. The van der Waals surface area contributed by atoms with Crippen LogP contribution in [-0.2, 0) is 43.5 Å². The van der Waals surface area contributed by atoms with Gasteiger partial charge in [-0.1, -0.05) is 97.1 Å². The van der Waals surface area contributed by atoms with Crippen LogP contribution in [0.25, 0.3) is 0 Å². The van der Waals surface area contributed by atoms with E-state index >= 15 is 0 Å². The van der Waals surface area contributed by atoms with E-state index in [2.05, 4.69) is 6.58 Å². The highest BCUT2D eigenvalue weighted by Crippen LogP contribution is 2.29. The van der Waals surface area contributed by atoms with Crippen LogP contribution in [0.2, 0.25) is 0 Å². The lowest BCUT2D eigenvalue weighted by Crippen LogP contribution is -2.61. The van der Waals surface area contributed by atoms with Gasteiger partial charge in [-0.2, -0.15) is 0 Å². The summed E-state index contributed by atoms with van der Waals surface area (Å²) >= 11 is 0. The second-order valence-corrected chi connectivity index (χ2v) is 8.68. The van der Waals surface area contributed by atoms with E-state index in [9.17, 15) is 5.11 Å². The molecule has 5 atom stereocenters. The Morgan fingerprint density at radius 1 is 0.694 bits per heavy atom. The predicted molar refractivity (Wildman–Crippen MR) is 137 cm³/mol. The van der Waals surface area contributed by atoms with Gasteiger partial charge in [-0.3, -0.25) is 0 Å². The molecule has 36 heavy (non-hydrogen) atoms. The molecule has 6 nitrogen and oxygen atoms in total. The maximum absolute atomic E-state index is 11.4. The first kappa shape index (κ1) is 26.2. The molecule has 0 amide bonds. The normalized spacial score (nSPS) is 23.9. The highest BCUT2D eigenvalue weighted by atomic mass is 16.7. The van der Waals surface area contributed by atoms with Crippen molar-refractivity contribution in [3.8, 4) is 0 Å². The van der Waals surface area contributed by atoms with E-state index in [1.165, 1.54) is 0 Å². The highest BCUT2D eigenvalue weighted by Gasteiger charge is 2.47. The summed E-state index contributed by atoms with van der Waals surface area (Å²) in [5.41, 5.74) is 3.04. The van der Waals surface area contributed by atoms with Crippen molar-refractivity contribution in [2.75, 3.05) is 13.2 Å². The van der Waals surface area contributed by atoms with Crippen LogP contribution < -0.4 is 0 Å². The van der Waals surface area contributed by atoms with Crippen molar-refractivity contribution < 1.29 is 28.8 Å². The Morgan fingerprint density at radius 3 is 1.72 bits per heavy atom. The maximum Gasteiger partial charge on any atom is 0.187 e. The topological polar surface area (TPSA) is 66.4 Å². The summed E-state index contributed by atoms with van der Waals surface area (Å²) < 4.78 is 30.5. The molecule has 4 rings (SSSR count). The summed E-state index contributed by atoms with van der Waals surface area (Å²) in [6, 6.07) is 29.5. The zero-order chi connectivity index (χ0) is 25.0. The van der Waals surface area contributed by atoms with Gasteiger partial charge in [-0.25, -0.2) is 0 Å². The second-order valence-electron chi connectivity index (χ2n) is 8.68. The van der Waals surface area contributed by atoms with Crippen molar-refractivity contribution in [2.45, 2.75) is 50.5 Å². The molecule has 1 aliphatic rings. The van der Waals surface area contributed by atoms with E-state index in [0.717, 1.165) is 16.7 Å². The van der Waals surface area contributed by atoms with Crippen LogP contribution in [0.15, 0.2) is 104 Å². The summed E-state index contributed by atoms with van der Waals surface area (Å²) in [7, 11) is 0. The molecular weight excluding hydrogens is 456 g/mol. The summed E-state index contributed by atoms with van der Waals surface area (Å²) in [6.45, 7) is 5.27. The second kappa shape index (κ2) is 14.0. The van der Waals surface area contributed by atoms with E-state index in [1.54, 1.807) is 6.08 Å². The van der Waals surface area contributed by atoms with Crippen LogP contribution in [0.3, 0.4) is 0 Å². The molecule has 0 spiro atoms. The van der Waals surface area contributed by atoms with Crippen molar-refractivity contribution in [1.29, 1.82) is 0 Å². The molecule has 0 aliphatic carbocycles. The average molecular weight is 491 g/mol. The molecule has 1 N–H and O–H groups in total. The Bertz CT molecular complexity index is 1010. The number of aliphatic hydroxyl groups is 1. The lowest BCUT2D eigenvalue weighted by Gasteiger charge is -2.44. The average Bonchev–Trinajstić information content (AvgIpc) is 2.93. The quantitative estimate of drug-likeness (QED) is 0.352. The van der Waals surface area contributed by atoms with E-state index < -0.39 is 30.7 Å². The van der Waals surface area contributed by atoms with Crippen molar-refractivity contribution in [2.24, 2.45) is 0 Å². The largest absolute Gasteiger partial charge is 0.387 e. The van der Waals surface area contributed by atoms with E-state index in [-0.39, 0.29) is 13.2 Å². The minimum atomic E-state index is -0.994. The van der Waals surface area contributed by atoms with Gasteiger partial charge < -0.3 is 28.8 Å². The smallest absolute Gasteiger partial charge is 0.187 e. The van der Waals surface area contributed by atoms with Crippen LogP contribution >= 0.6 is 0 Å². The first-order chi connectivity index (χ1) is 17.7. The summed E-state index contributed by atoms with van der Waals surface area (Å²) in [5.74, 6) is 0. The van der Waals surface area contributed by atoms with Crippen molar-refractivity contribution >= 4 is 0 Å². The SMILES string of the molecule is C=CCO[C@H]1O[C@H](COCc2ccccc2)[C@H](OCc2ccccc2)[C@H](O)[C@H]1OCc1ccccc1. The Hall–Kier alpha value is -2.84. The lowest BCUT2D eigenvalue weighted by atomic mass is 9.98. The summed E-state index contributed by atoms with van der Waals surface area (Å²) in [6.07, 6.45) is -2.14. The van der Waals surface area contributed by atoms with Gasteiger partial charge in [0.2, 0.25) is 0 Å². The van der Waals surface area contributed by atoms with Crippen molar-refractivity contribution in [1.82, 2.24) is 0 Å². The summed E-state index contributed by atoms with van der Waals surface area (Å²) in [5, 5.41) is 11.4.